The highest BCUT2D eigenvalue weighted by molar-refractivity contribution is 6.73. The number of ketones is 3. The van der Waals surface area contributed by atoms with Crippen molar-refractivity contribution in [1.29, 1.82) is 0 Å². The molecule has 0 saturated heterocycles. The molecule has 1 aliphatic rings. The summed E-state index contributed by atoms with van der Waals surface area (Å²) in [5.74, 6) is -3.00. The Bertz CT molecular complexity index is 806. The Morgan fingerprint density at radius 2 is 1.58 bits per heavy atom. The van der Waals surface area contributed by atoms with Gasteiger partial charge >= 0.3 is 0 Å². The lowest BCUT2D eigenvalue weighted by atomic mass is 9.86. The van der Waals surface area contributed by atoms with Crippen molar-refractivity contribution >= 4 is 33.8 Å². The van der Waals surface area contributed by atoms with Gasteiger partial charge in [-0.1, -0.05) is 18.2 Å². The van der Waals surface area contributed by atoms with Crippen LogP contribution in [0.4, 0.5) is 5.69 Å². The first kappa shape index (κ1) is 11.2. The number of nitro groups is 1. The molecule has 0 amide bonds. The molecule has 6 nitrogen and oxygen atoms in total. The molecule has 0 fully saturated rings. The summed E-state index contributed by atoms with van der Waals surface area (Å²) < 4.78 is 0. The van der Waals surface area contributed by atoms with Gasteiger partial charge in [0.05, 0.1) is 4.92 Å². The molecular weight excluding hydrogens is 250 g/mol. The summed E-state index contributed by atoms with van der Waals surface area (Å²) in [6, 6.07) is 6.83. The second kappa shape index (κ2) is 3.55. The van der Waals surface area contributed by atoms with Gasteiger partial charge in [0.1, 0.15) is 0 Å². The second-order valence-electron chi connectivity index (χ2n) is 4.14. The van der Waals surface area contributed by atoms with Gasteiger partial charge in [-0.15, -0.1) is 0 Å². The number of rotatable bonds is 1. The maximum Gasteiger partial charge on any atom is 0.273 e. The zero-order valence-electron chi connectivity index (χ0n) is 9.38. The van der Waals surface area contributed by atoms with E-state index in [1.54, 1.807) is 6.07 Å². The van der Waals surface area contributed by atoms with E-state index >= 15 is 0 Å². The van der Waals surface area contributed by atoms with Crippen molar-refractivity contribution in [3.05, 3.63) is 51.6 Å². The van der Waals surface area contributed by atoms with Crippen LogP contribution in [0, 0.1) is 10.1 Å². The summed E-state index contributed by atoms with van der Waals surface area (Å²) in [5.41, 5.74) is -0.244. The highest BCUT2D eigenvalue weighted by Crippen LogP contribution is 2.32. The lowest BCUT2D eigenvalue weighted by Crippen LogP contribution is -2.29. The summed E-state index contributed by atoms with van der Waals surface area (Å²) >= 11 is 0. The van der Waals surface area contributed by atoms with Crippen LogP contribution in [0.25, 0.3) is 10.8 Å². The van der Waals surface area contributed by atoms with Crippen molar-refractivity contribution in [3.63, 3.8) is 0 Å². The molecule has 6 heteroatoms. The molecule has 0 bridgehead atoms. The molecule has 2 aromatic rings. The Kier molecular flexibility index (Phi) is 2.10. The van der Waals surface area contributed by atoms with Gasteiger partial charge in [0.15, 0.2) is 0 Å². The van der Waals surface area contributed by atoms with Crippen LogP contribution in [0.1, 0.15) is 20.7 Å². The van der Waals surface area contributed by atoms with Crippen LogP contribution in [0.5, 0.6) is 0 Å². The maximum atomic E-state index is 11.8. The molecule has 0 unspecified atom stereocenters. The average Bonchev–Trinajstić information content (AvgIpc) is 2.41. The summed E-state index contributed by atoms with van der Waals surface area (Å²) in [6.45, 7) is 0. The Morgan fingerprint density at radius 1 is 0.895 bits per heavy atom. The largest absolute Gasteiger partial charge is 0.285 e. The van der Waals surface area contributed by atoms with Crippen LogP contribution in [-0.2, 0) is 4.79 Å². The highest BCUT2D eigenvalue weighted by atomic mass is 16.6. The van der Waals surface area contributed by atoms with Gasteiger partial charge in [0, 0.05) is 28.6 Å². The number of hydrogen-bond acceptors (Lipinski definition) is 5. The van der Waals surface area contributed by atoms with Gasteiger partial charge in [0.25, 0.3) is 11.5 Å². The molecule has 0 aromatic heterocycles. The number of carbonyl (C=O) groups is 3. The van der Waals surface area contributed by atoms with E-state index in [4.69, 9.17) is 0 Å². The minimum absolute atomic E-state index is 0.0793. The summed E-state index contributed by atoms with van der Waals surface area (Å²) in [4.78, 5) is 45.2. The van der Waals surface area contributed by atoms with Crippen molar-refractivity contribution in [1.82, 2.24) is 0 Å². The normalized spacial score (nSPS) is 14.0. The van der Waals surface area contributed by atoms with E-state index in [1.807, 2.05) is 0 Å². The lowest BCUT2D eigenvalue weighted by Gasteiger charge is -2.13. The number of hydrogen-bond donors (Lipinski definition) is 0. The fourth-order valence-electron chi connectivity index (χ4n) is 2.23. The molecule has 3 rings (SSSR count). The van der Waals surface area contributed by atoms with E-state index in [0.717, 1.165) is 6.07 Å². The smallest absolute Gasteiger partial charge is 0.273 e. The summed E-state index contributed by atoms with van der Waals surface area (Å²) in [5, 5.41) is 11.5. The van der Waals surface area contributed by atoms with Crippen molar-refractivity contribution in [2.45, 2.75) is 0 Å². The molecule has 0 atom stereocenters. The fourth-order valence-corrected chi connectivity index (χ4v) is 2.23. The highest BCUT2D eigenvalue weighted by Gasteiger charge is 2.35. The number of Topliss-reactive ketones (excluding diaryl/α,β-unsaturated/α-hetero) is 3. The predicted molar refractivity (Wildman–Crippen MR) is 64.3 cm³/mol. The molecule has 2 aromatic carbocycles. The maximum absolute atomic E-state index is 11.8. The standard InChI is InChI=1S/C13H5NO5/c15-11-8-3-1-2-6-4-7(14(18)19)5-9(10(6)8)12(16)13(11)17/h1-5H. The third-order valence-electron chi connectivity index (χ3n) is 3.07. The first-order chi connectivity index (χ1) is 9.00. The van der Waals surface area contributed by atoms with E-state index in [0.29, 0.717) is 10.8 Å². The number of carbonyl (C=O) groups excluding carboxylic acids is 3. The van der Waals surface area contributed by atoms with Crippen molar-refractivity contribution in [2.75, 3.05) is 0 Å². The Balaban J connectivity index is 2.51. The van der Waals surface area contributed by atoms with Crippen molar-refractivity contribution < 1.29 is 19.3 Å². The van der Waals surface area contributed by atoms with Crippen LogP contribution < -0.4 is 0 Å². The van der Waals surface area contributed by atoms with Crippen LogP contribution in [0.15, 0.2) is 30.3 Å². The molecule has 92 valence electrons. The van der Waals surface area contributed by atoms with Gasteiger partial charge in [-0.3, -0.25) is 24.5 Å². The zero-order valence-corrected chi connectivity index (χ0v) is 9.38. The minimum atomic E-state index is -1.15. The van der Waals surface area contributed by atoms with Gasteiger partial charge in [-0.05, 0) is 5.39 Å². The predicted octanol–water partition coefficient (Wildman–Crippen LogP) is 1.70. The van der Waals surface area contributed by atoms with Crippen LogP contribution in [0.2, 0.25) is 0 Å². The molecule has 19 heavy (non-hydrogen) atoms. The monoisotopic (exact) mass is 255 g/mol. The third kappa shape index (κ3) is 1.40. The first-order valence-electron chi connectivity index (χ1n) is 5.35. The van der Waals surface area contributed by atoms with Crippen LogP contribution >= 0.6 is 0 Å². The summed E-state index contributed by atoms with van der Waals surface area (Å²) in [6.07, 6.45) is 0. The molecule has 0 spiro atoms. The van der Waals surface area contributed by atoms with E-state index in [1.165, 1.54) is 18.2 Å². The van der Waals surface area contributed by atoms with E-state index in [2.05, 4.69) is 0 Å². The Morgan fingerprint density at radius 3 is 2.26 bits per heavy atom. The SMILES string of the molecule is O=C1C(=O)c2cccc3cc([N+](=O)[O-])cc(c23)C1=O. The minimum Gasteiger partial charge on any atom is -0.285 e. The molecule has 0 aliphatic heterocycles. The fraction of sp³-hybridized carbons (Fsp3) is 0. The lowest BCUT2D eigenvalue weighted by molar-refractivity contribution is -0.384. The van der Waals surface area contributed by atoms with Crippen molar-refractivity contribution in [2.24, 2.45) is 0 Å². The molecule has 1 aliphatic carbocycles. The topological polar surface area (TPSA) is 94.3 Å². The quantitative estimate of drug-likeness (QED) is 0.439. The van der Waals surface area contributed by atoms with E-state index < -0.39 is 22.3 Å². The molecular formula is C13H5NO5. The van der Waals surface area contributed by atoms with E-state index in [9.17, 15) is 24.5 Å². The summed E-state index contributed by atoms with van der Waals surface area (Å²) in [7, 11) is 0. The number of non-ortho nitro benzene ring substituents is 1. The molecule has 0 saturated carbocycles. The number of benzene rings is 2. The van der Waals surface area contributed by atoms with Gasteiger partial charge in [0.2, 0.25) is 11.6 Å². The third-order valence-corrected chi connectivity index (χ3v) is 3.07. The van der Waals surface area contributed by atoms with Crippen LogP contribution in [0.3, 0.4) is 0 Å². The zero-order chi connectivity index (χ0) is 13.7. The number of nitrogens with zero attached hydrogens (tertiary/aromatic N) is 1. The average molecular weight is 255 g/mol. The van der Waals surface area contributed by atoms with Crippen LogP contribution in [-0.4, -0.2) is 22.3 Å². The van der Waals surface area contributed by atoms with Gasteiger partial charge in [-0.2, -0.15) is 0 Å². The van der Waals surface area contributed by atoms with Gasteiger partial charge < -0.3 is 0 Å². The second-order valence-corrected chi connectivity index (χ2v) is 4.14. The molecule has 0 radical (unpaired) electrons. The first-order valence-corrected chi connectivity index (χ1v) is 5.35. The Labute approximate surface area is 105 Å². The molecule has 0 heterocycles. The number of nitro benzene ring substituents is 1. The van der Waals surface area contributed by atoms with Gasteiger partial charge in [-0.25, -0.2) is 0 Å². The van der Waals surface area contributed by atoms with E-state index in [-0.39, 0.29) is 16.8 Å². The molecule has 0 N–H and O–H groups in total. The Hall–Kier alpha value is -2.89. The van der Waals surface area contributed by atoms with Crippen molar-refractivity contribution in [3.8, 4) is 0 Å².